The number of piperazine rings is 1. The number of nitro groups is 1. The van der Waals surface area contributed by atoms with Crippen molar-refractivity contribution in [1.82, 2.24) is 10.6 Å². The van der Waals surface area contributed by atoms with E-state index in [0.717, 1.165) is 13.1 Å². The topological polar surface area (TPSA) is 87.4 Å². The molecule has 1 aliphatic heterocycles. The minimum absolute atomic E-state index is 0.0407. The summed E-state index contributed by atoms with van der Waals surface area (Å²) in [6, 6.07) is 3.99. The normalized spacial score (nSPS) is 20.6. The zero-order valence-corrected chi connectivity index (χ0v) is 8.64. The number of nitrogens with one attached hydrogen (secondary N) is 2. The number of rotatable bonds is 2. The molecule has 2 rings (SSSR count). The second kappa shape index (κ2) is 4.46. The summed E-state index contributed by atoms with van der Waals surface area (Å²) in [7, 11) is 0. The Hall–Kier alpha value is -1.66. The van der Waals surface area contributed by atoms with E-state index in [1.54, 1.807) is 0 Å². The summed E-state index contributed by atoms with van der Waals surface area (Å²) in [4.78, 5) is 10.4. The molecule has 1 atom stereocenters. The molecule has 0 aliphatic carbocycles. The molecule has 6 nitrogen and oxygen atoms in total. The number of benzene rings is 1. The molecule has 0 saturated carbocycles. The van der Waals surface area contributed by atoms with Gasteiger partial charge in [-0.1, -0.05) is 0 Å². The summed E-state index contributed by atoms with van der Waals surface area (Å²) in [5, 5.41) is 26.6. The Kier molecular flexibility index (Phi) is 3.02. The summed E-state index contributed by atoms with van der Waals surface area (Å²) < 4.78 is 0. The SMILES string of the molecule is O=[N+]([O-])c1ccc(O)cc1[C@H]1CNCCN1. The van der Waals surface area contributed by atoms with Gasteiger partial charge in [0.2, 0.25) is 0 Å². The van der Waals surface area contributed by atoms with Crippen molar-refractivity contribution in [3.8, 4) is 5.75 Å². The Morgan fingerprint density at radius 3 is 2.88 bits per heavy atom. The lowest BCUT2D eigenvalue weighted by molar-refractivity contribution is -0.385. The highest BCUT2D eigenvalue weighted by molar-refractivity contribution is 5.47. The molecule has 1 fully saturated rings. The standard InChI is InChI=1S/C10H13N3O3/c14-7-1-2-10(13(15)16)8(5-7)9-6-11-3-4-12-9/h1-2,5,9,11-12,14H,3-4,6H2/t9-/m1/s1. The molecule has 0 unspecified atom stereocenters. The van der Waals surface area contributed by atoms with E-state index in [1.807, 2.05) is 0 Å². The van der Waals surface area contributed by atoms with Crippen LogP contribution in [-0.2, 0) is 0 Å². The van der Waals surface area contributed by atoms with Crippen LogP contribution >= 0.6 is 0 Å². The fourth-order valence-corrected chi connectivity index (χ4v) is 1.86. The van der Waals surface area contributed by atoms with Crippen molar-refractivity contribution < 1.29 is 10.0 Å². The first-order valence-corrected chi connectivity index (χ1v) is 5.10. The van der Waals surface area contributed by atoms with Crippen molar-refractivity contribution in [3.63, 3.8) is 0 Å². The third-order valence-electron chi connectivity index (χ3n) is 2.62. The third kappa shape index (κ3) is 2.12. The highest BCUT2D eigenvalue weighted by atomic mass is 16.6. The summed E-state index contributed by atoms with van der Waals surface area (Å²) >= 11 is 0. The Morgan fingerprint density at radius 2 is 2.25 bits per heavy atom. The fraction of sp³-hybridized carbons (Fsp3) is 0.400. The highest BCUT2D eigenvalue weighted by Crippen LogP contribution is 2.28. The van der Waals surface area contributed by atoms with Crippen LogP contribution in [-0.4, -0.2) is 29.7 Å². The smallest absolute Gasteiger partial charge is 0.274 e. The van der Waals surface area contributed by atoms with Crippen molar-refractivity contribution in [2.75, 3.05) is 19.6 Å². The molecule has 0 bridgehead atoms. The highest BCUT2D eigenvalue weighted by Gasteiger charge is 2.23. The van der Waals surface area contributed by atoms with E-state index < -0.39 is 4.92 Å². The molecule has 1 aromatic carbocycles. The predicted molar refractivity (Wildman–Crippen MR) is 58.4 cm³/mol. The molecule has 0 spiro atoms. The summed E-state index contributed by atoms with van der Waals surface area (Å²) in [6.07, 6.45) is 0. The average molecular weight is 223 g/mol. The van der Waals surface area contributed by atoms with E-state index in [-0.39, 0.29) is 17.5 Å². The maximum atomic E-state index is 10.9. The number of nitrogens with zero attached hydrogens (tertiary/aromatic N) is 1. The van der Waals surface area contributed by atoms with Crippen LogP contribution < -0.4 is 10.6 Å². The second-order valence-electron chi connectivity index (χ2n) is 3.71. The Morgan fingerprint density at radius 1 is 1.44 bits per heavy atom. The first kappa shape index (κ1) is 10.8. The van der Waals surface area contributed by atoms with E-state index in [9.17, 15) is 15.2 Å². The molecular formula is C10H13N3O3. The minimum atomic E-state index is -0.426. The molecule has 1 aromatic rings. The lowest BCUT2D eigenvalue weighted by Gasteiger charge is -2.24. The maximum absolute atomic E-state index is 10.9. The van der Waals surface area contributed by atoms with Crippen LogP contribution in [0.1, 0.15) is 11.6 Å². The van der Waals surface area contributed by atoms with Crippen molar-refractivity contribution in [2.24, 2.45) is 0 Å². The van der Waals surface area contributed by atoms with Gasteiger partial charge in [0, 0.05) is 25.7 Å². The van der Waals surface area contributed by atoms with Gasteiger partial charge < -0.3 is 15.7 Å². The van der Waals surface area contributed by atoms with Crippen LogP contribution in [0.25, 0.3) is 0 Å². The maximum Gasteiger partial charge on any atom is 0.274 e. The van der Waals surface area contributed by atoms with Crippen LogP contribution in [0.5, 0.6) is 5.75 Å². The van der Waals surface area contributed by atoms with E-state index >= 15 is 0 Å². The summed E-state index contributed by atoms with van der Waals surface area (Å²) in [5.41, 5.74) is 0.566. The molecule has 0 aromatic heterocycles. The van der Waals surface area contributed by atoms with Gasteiger partial charge in [0.05, 0.1) is 16.5 Å². The van der Waals surface area contributed by atoms with Crippen molar-refractivity contribution in [2.45, 2.75) is 6.04 Å². The first-order valence-electron chi connectivity index (χ1n) is 5.10. The van der Waals surface area contributed by atoms with Crippen LogP contribution in [0.3, 0.4) is 0 Å². The molecular weight excluding hydrogens is 210 g/mol. The number of nitro benzene ring substituents is 1. The molecule has 6 heteroatoms. The molecule has 1 heterocycles. The molecule has 1 aliphatic rings. The first-order chi connectivity index (χ1) is 7.68. The largest absolute Gasteiger partial charge is 0.508 e. The van der Waals surface area contributed by atoms with Crippen LogP contribution in [0.2, 0.25) is 0 Å². The van der Waals surface area contributed by atoms with E-state index in [4.69, 9.17) is 0 Å². The quantitative estimate of drug-likeness (QED) is 0.503. The van der Waals surface area contributed by atoms with E-state index in [2.05, 4.69) is 10.6 Å². The number of hydrogen-bond donors (Lipinski definition) is 3. The molecule has 0 amide bonds. The number of hydrogen-bond acceptors (Lipinski definition) is 5. The van der Waals surface area contributed by atoms with Gasteiger partial charge >= 0.3 is 0 Å². The number of phenols is 1. The summed E-state index contributed by atoms with van der Waals surface area (Å²) in [5.74, 6) is 0.0490. The molecule has 0 radical (unpaired) electrons. The summed E-state index contributed by atoms with van der Waals surface area (Å²) in [6.45, 7) is 2.24. The van der Waals surface area contributed by atoms with Gasteiger partial charge in [-0.05, 0) is 12.1 Å². The molecule has 1 saturated heterocycles. The lowest BCUT2D eigenvalue weighted by Crippen LogP contribution is -2.42. The third-order valence-corrected chi connectivity index (χ3v) is 2.62. The van der Waals surface area contributed by atoms with Gasteiger partial charge in [-0.15, -0.1) is 0 Å². The molecule has 86 valence electrons. The second-order valence-corrected chi connectivity index (χ2v) is 3.71. The van der Waals surface area contributed by atoms with Gasteiger partial charge in [-0.25, -0.2) is 0 Å². The van der Waals surface area contributed by atoms with E-state index in [1.165, 1.54) is 18.2 Å². The monoisotopic (exact) mass is 223 g/mol. The number of phenolic OH excluding ortho intramolecular Hbond substituents is 1. The Bertz CT molecular complexity index is 402. The van der Waals surface area contributed by atoms with Crippen LogP contribution in [0.15, 0.2) is 18.2 Å². The Labute approximate surface area is 92.4 Å². The van der Waals surface area contributed by atoms with Gasteiger partial charge in [0.15, 0.2) is 0 Å². The van der Waals surface area contributed by atoms with Gasteiger partial charge in [-0.2, -0.15) is 0 Å². The van der Waals surface area contributed by atoms with E-state index in [0.29, 0.717) is 12.1 Å². The van der Waals surface area contributed by atoms with Gasteiger partial charge in [0.25, 0.3) is 5.69 Å². The lowest BCUT2D eigenvalue weighted by atomic mass is 10.0. The molecule has 3 N–H and O–H groups in total. The average Bonchev–Trinajstić information content (AvgIpc) is 2.29. The van der Waals surface area contributed by atoms with Crippen molar-refractivity contribution >= 4 is 5.69 Å². The van der Waals surface area contributed by atoms with Crippen LogP contribution in [0.4, 0.5) is 5.69 Å². The minimum Gasteiger partial charge on any atom is -0.508 e. The van der Waals surface area contributed by atoms with Crippen LogP contribution in [0, 0.1) is 10.1 Å². The van der Waals surface area contributed by atoms with Crippen molar-refractivity contribution in [3.05, 3.63) is 33.9 Å². The van der Waals surface area contributed by atoms with Gasteiger partial charge in [0.1, 0.15) is 5.75 Å². The zero-order chi connectivity index (χ0) is 11.5. The fourth-order valence-electron chi connectivity index (χ4n) is 1.86. The molecule has 16 heavy (non-hydrogen) atoms. The Balaban J connectivity index is 2.36. The van der Waals surface area contributed by atoms with Gasteiger partial charge in [-0.3, -0.25) is 10.1 Å². The number of aromatic hydroxyl groups is 1. The predicted octanol–water partition coefficient (Wildman–Crippen LogP) is 0.534. The van der Waals surface area contributed by atoms with Crippen molar-refractivity contribution in [1.29, 1.82) is 0 Å². The zero-order valence-electron chi connectivity index (χ0n) is 8.64.